The molecular formula is C17H22Cl2N2O2. The van der Waals surface area contributed by atoms with E-state index in [4.69, 9.17) is 33.7 Å². The molecule has 23 heavy (non-hydrogen) atoms. The second kappa shape index (κ2) is 7.29. The Morgan fingerprint density at radius 2 is 1.91 bits per heavy atom. The number of benzene rings is 1. The number of carbonyl (C=O) groups excluding carboxylic acids is 1. The molecule has 1 aliphatic heterocycles. The molecule has 1 heterocycles. The molecule has 1 amide bonds. The van der Waals surface area contributed by atoms with Crippen LogP contribution >= 0.6 is 23.2 Å². The molecule has 2 fully saturated rings. The number of nitrogens with zero attached hydrogens (tertiary/aromatic N) is 1. The normalized spacial score (nSPS) is 24.4. The first-order valence-electron chi connectivity index (χ1n) is 8.16. The number of likely N-dealkylation sites (tertiary alicyclic amines) is 1. The van der Waals surface area contributed by atoms with Gasteiger partial charge in [-0.3, -0.25) is 9.69 Å². The highest BCUT2D eigenvalue weighted by atomic mass is 35.5. The van der Waals surface area contributed by atoms with Crippen LogP contribution < -0.4 is 10.5 Å². The SMILES string of the molecule is NC(=O)CC1CC(Oc2cc(Cl)c(CN3CCCC3)cc2Cl)C1. The van der Waals surface area contributed by atoms with Crippen molar-refractivity contribution in [3.05, 3.63) is 27.7 Å². The van der Waals surface area contributed by atoms with E-state index in [0.717, 1.165) is 38.0 Å². The highest BCUT2D eigenvalue weighted by Crippen LogP contribution is 2.38. The van der Waals surface area contributed by atoms with Crippen LogP contribution in [0.5, 0.6) is 5.75 Å². The Labute approximate surface area is 146 Å². The molecule has 0 unspecified atom stereocenters. The van der Waals surface area contributed by atoms with Gasteiger partial charge in [0, 0.05) is 24.1 Å². The van der Waals surface area contributed by atoms with Gasteiger partial charge in [-0.1, -0.05) is 23.2 Å². The predicted octanol–water partition coefficient (Wildman–Crippen LogP) is 3.62. The molecular weight excluding hydrogens is 335 g/mol. The number of primary amides is 1. The fraction of sp³-hybridized carbons (Fsp3) is 0.588. The number of carbonyl (C=O) groups is 1. The average Bonchev–Trinajstić information content (AvgIpc) is 2.94. The standard InChI is InChI=1S/C17H22Cl2N2O2/c18-14-9-16(23-13-5-11(6-13)7-17(20)22)15(19)8-12(14)10-21-3-1-2-4-21/h8-9,11,13H,1-7,10H2,(H2,20,22). The Balaban J connectivity index is 1.58. The first kappa shape index (κ1) is 16.9. The summed E-state index contributed by atoms with van der Waals surface area (Å²) in [6, 6.07) is 3.73. The van der Waals surface area contributed by atoms with Crippen LogP contribution in [0.2, 0.25) is 10.0 Å². The third-order valence-corrected chi connectivity index (χ3v) is 5.32. The summed E-state index contributed by atoms with van der Waals surface area (Å²) in [4.78, 5) is 13.3. The molecule has 126 valence electrons. The zero-order valence-corrected chi connectivity index (χ0v) is 14.6. The van der Waals surface area contributed by atoms with E-state index in [1.165, 1.54) is 12.8 Å². The van der Waals surface area contributed by atoms with Gasteiger partial charge in [0.05, 0.1) is 11.1 Å². The van der Waals surface area contributed by atoms with Gasteiger partial charge in [0.2, 0.25) is 5.91 Å². The van der Waals surface area contributed by atoms with Crippen molar-refractivity contribution < 1.29 is 9.53 Å². The fourth-order valence-electron chi connectivity index (χ4n) is 3.36. The lowest BCUT2D eigenvalue weighted by molar-refractivity contribution is -0.120. The van der Waals surface area contributed by atoms with Gasteiger partial charge in [-0.05, 0) is 56.3 Å². The highest BCUT2D eigenvalue weighted by molar-refractivity contribution is 6.34. The van der Waals surface area contributed by atoms with Crippen LogP contribution in [0.15, 0.2) is 12.1 Å². The van der Waals surface area contributed by atoms with Crippen molar-refractivity contribution in [1.29, 1.82) is 0 Å². The minimum Gasteiger partial charge on any atom is -0.489 e. The number of hydrogen-bond acceptors (Lipinski definition) is 3. The van der Waals surface area contributed by atoms with Gasteiger partial charge in [-0.2, -0.15) is 0 Å². The van der Waals surface area contributed by atoms with Gasteiger partial charge < -0.3 is 10.5 Å². The summed E-state index contributed by atoms with van der Waals surface area (Å²) in [5, 5.41) is 1.30. The fourth-order valence-corrected chi connectivity index (χ4v) is 3.81. The van der Waals surface area contributed by atoms with Gasteiger partial charge in [0.25, 0.3) is 0 Å². The van der Waals surface area contributed by atoms with Crippen molar-refractivity contribution in [1.82, 2.24) is 4.90 Å². The van der Waals surface area contributed by atoms with Crippen molar-refractivity contribution in [2.45, 2.75) is 44.8 Å². The lowest BCUT2D eigenvalue weighted by Crippen LogP contribution is -2.36. The number of rotatable bonds is 6. The Morgan fingerprint density at radius 3 is 2.57 bits per heavy atom. The quantitative estimate of drug-likeness (QED) is 0.846. The van der Waals surface area contributed by atoms with E-state index in [9.17, 15) is 4.79 Å². The molecule has 0 atom stereocenters. The first-order valence-corrected chi connectivity index (χ1v) is 8.92. The van der Waals surface area contributed by atoms with E-state index in [2.05, 4.69) is 4.90 Å². The zero-order valence-electron chi connectivity index (χ0n) is 13.1. The number of amides is 1. The lowest BCUT2D eigenvalue weighted by atomic mass is 9.80. The van der Waals surface area contributed by atoms with Gasteiger partial charge >= 0.3 is 0 Å². The number of hydrogen-bond donors (Lipinski definition) is 1. The topological polar surface area (TPSA) is 55.6 Å². The van der Waals surface area contributed by atoms with E-state index < -0.39 is 0 Å². The van der Waals surface area contributed by atoms with Gasteiger partial charge in [0.1, 0.15) is 5.75 Å². The van der Waals surface area contributed by atoms with Crippen LogP contribution in [0.3, 0.4) is 0 Å². The molecule has 1 aliphatic carbocycles. The van der Waals surface area contributed by atoms with Crippen molar-refractivity contribution in [3.8, 4) is 5.75 Å². The molecule has 6 heteroatoms. The summed E-state index contributed by atoms with van der Waals surface area (Å²) in [5.74, 6) is 0.714. The Bertz CT molecular complexity index is 582. The number of halogens is 2. The maximum Gasteiger partial charge on any atom is 0.217 e. The van der Waals surface area contributed by atoms with E-state index in [1.807, 2.05) is 12.1 Å². The molecule has 0 radical (unpaired) electrons. The van der Waals surface area contributed by atoms with Gasteiger partial charge in [0.15, 0.2) is 0 Å². The van der Waals surface area contributed by atoms with Crippen LogP contribution in [0.1, 0.15) is 37.7 Å². The molecule has 4 nitrogen and oxygen atoms in total. The van der Waals surface area contributed by atoms with Crippen LogP contribution in [0.25, 0.3) is 0 Å². The molecule has 0 aromatic heterocycles. The molecule has 3 rings (SSSR count). The van der Waals surface area contributed by atoms with Crippen LogP contribution in [-0.4, -0.2) is 30.0 Å². The largest absolute Gasteiger partial charge is 0.489 e. The zero-order chi connectivity index (χ0) is 16.4. The monoisotopic (exact) mass is 356 g/mol. The molecule has 1 saturated heterocycles. The summed E-state index contributed by atoms with van der Waals surface area (Å²) < 4.78 is 5.92. The summed E-state index contributed by atoms with van der Waals surface area (Å²) in [7, 11) is 0. The van der Waals surface area contributed by atoms with E-state index in [1.54, 1.807) is 0 Å². The third-order valence-electron chi connectivity index (χ3n) is 4.67. The second-order valence-corrected chi connectivity index (χ2v) is 7.42. The minimum absolute atomic E-state index is 0.0948. The molecule has 2 N–H and O–H groups in total. The molecule has 2 aliphatic rings. The van der Waals surface area contributed by atoms with E-state index >= 15 is 0 Å². The minimum atomic E-state index is -0.249. The Morgan fingerprint density at radius 1 is 1.22 bits per heavy atom. The average molecular weight is 357 g/mol. The van der Waals surface area contributed by atoms with Crippen LogP contribution in [0, 0.1) is 5.92 Å². The Hall–Kier alpha value is -0.970. The van der Waals surface area contributed by atoms with Crippen molar-refractivity contribution in [2.24, 2.45) is 11.7 Å². The molecule has 1 aromatic rings. The van der Waals surface area contributed by atoms with E-state index in [0.29, 0.717) is 28.1 Å². The number of nitrogens with two attached hydrogens (primary N) is 1. The predicted molar refractivity (Wildman–Crippen MR) is 91.9 cm³/mol. The lowest BCUT2D eigenvalue weighted by Gasteiger charge is -2.35. The summed E-state index contributed by atoms with van der Waals surface area (Å²) in [6.07, 6.45) is 4.71. The molecule has 1 aromatic carbocycles. The molecule has 1 saturated carbocycles. The molecule has 0 spiro atoms. The first-order chi connectivity index (χ1) is 11.0. The van der Waals surface area contributed by atoms with Gasteiger partial charge in [-0.25, -0.2) is 0 Å². The van der Waals surface area contributed by atoms with Crippen LogP contribution in [0.4, 0.5) is 0 Å². The van der Waals surface area contributed by atoms with Crippen molar-refractivity contribution >= 4 is 29.1 Å². The summed E-state index contributed by atoms with van der Waals surface area (Å²) in [6.45, 7) is 3.08. The van der Waals surface area contributed by atoms with E-state index in [-0.39, 0.29) is 12.0 Å². The van der Waals surface area contributed by atoms with Gasteiger partial charge in [-0.15, -0.1) is 0 Å². The third kappa shape index (κ3) is 4.31. The highest BCUT2D eigenvalue weighted by Gasteiger charge is 2.32. The number of ether oxygens (including phenoxy) is 1. The summed E-state index contributed by atoms with van der Waals surface area (Å²) >= 11 is 12.8. The maximum atomic E-state index is 10.9. The maximum absolute atomic E-state index is 10.9. The Kier molecular flexibility index (Phi) is 5.34. The summed E-state index contributed by atoms with van der Waals surface area (Å²) in [5.41, 5.74) is 6.25. The second-order valence-electron chi connectivity index (χ2n) is 6.61. The van der Waals surface area contributed by atoms with Crippen LogP contribution in [-0.2, 0) is 11.3 Å². The molecule has 0 bridgehead atoms. The smallest absolute Gasteiger partial charge is 0.217 e. The van der Waals surface area contributed by atoms with Crippen molar-refractivity contribution in [2.75, 3.05) is 13.1 Å². The van der Waals surface area contributed by atoms with Crippen molar-refractivity contribution in [3.63, 3.8) is 0 Å².